The molecule has 1 N–H and O–H groups in total. The number of esters is 1. The number of aromatic nitrogens is 2. The minimum Gasteiger partial charge on any atom is -0.464 e. The predicted molar refractivity (Wildman–Crippen MR) is 95.5 cm³/mol. The van der Waals surface area contributed by atoms with E-state index in [-0.39, 0.29) is 27.2 Å². The summed E-state index contributed by atoms with van der Waals surface area (Å²) in [7, 11) is -3.88. The maximum absolute atomic E-state index is 12.4. The fourth-order valence-electron chi connectivity index (χ4n) is 1.94. The van der Waals surface area contributed by atoms with Crippen LogP contribution >= 0.6 is 23.2 Å². The van der Waals surface area contributed by atoms with Crippen molar-refractivity contribution in [2.24, 2.45) is 0 Å². The van der Waals surface area contributed by atoms with E-state index >= 15 is 0 Å². The van der Waals surface area contributed by atoms with Crippen molar-refractivity contribution < 1.29 is 17.9 Å². The van der Waals surface area contributed by atoms with Crippen molar-refractivity contribution >= 4 is 44.9 Å². The van der Waals surface area contributed by atoms with Crippen molar-refractivity contribution in [1.82, 2.24) is 9.78 Å². The van der Waals surface area contributed by atoms with Crippen LogP contribution in [0.15, 0.2) is 35.5 Å². The summed E-state index contributed by atoms with van der Waals surface area (Å²) in [4.78, 5) is 12.0. The average Bonchev–Trinajstić information content (AvgIpc) is 2.98. The van der Waals surface area contributed by atoms with E-state index < -0.39 is 21.5 Å². The number of hydrogen-bond acceptors (Lipinski definition) is 5. The first-order chi connectivity index (χ1) is 11.6. The second-order valence-electron chi connectivity index (χ2n) is 5.63. The number of rotatable bonds is 6. The van der Waals surface area contributed by atoms with E-state index in [1.165, 1.54) is 35.3 Å². The van der Waals surface area contributed by atoms with Crippen LogP contribution in [0.1, 0.15) is 20.8 Å². The van der Waals surface area contributed by atoms with Crippen LogP contribution in [0.2, 0.25) is 10.0 Å². The Bertz CT molecular complexity index is 894. The highest BCUT2D eigenvalue weighted by Crippen LogP contribution is 2.26. The summed E-state index contributed by atoms with van der Waals surface area (Å²) in [5.74, 6) is -0.475. The topological polar surface area (TPSA) is 90.3 Å². The SMILES string of the molecule is CCOC(=O)C(C)(C)n1cc(NS(=O)(=O)c2ccc(Cl)c(Cl)c2)cn1. The molecule has 0 spiro atoms. The normalized spacial score (nSPS) is 12.0. The number of nitrogens with zero attached hydrogens (tertiary/aromatic N) is 2. The molecule has 0 saturated heterocycles. The first-order valence-corrected chi connectivity index (χ1v) is 9.52. The standard InChI is InChI=1S/C15H17Cl2N3O4S/c1-4-24-14(21)15(2,3)20-9-10(8-18-20)19-25(22,23)11-5-6-12(16)13(17)7-11/h5-9,19H,4H2,1-3H3. The van der Waals surface area contributed by atoms with Gasteiger partial charge in [-0.25, -0.2) is 13.2 Å². The largest absolute Gasteiger partial charge is 0.464 e. The number of carbonyl (C=O) groups excluding carboxylic acids is 1. The van der Waals surface area contributed by atoms with Crippen LogP contribution in [0.25, 0.3) is 0 Å². The number of nitrogens with one attached hydrogen (secondary N) is 1. The molecular formula is C15H17Cl2N3O4S. The molecule has 0 radical (unpaired) electrons. The first-order valence-electron chi connectivity index (χ1n) is 7.28. The Balaban J connectivity index is 2.25. The van der Waals surface area contributed by atoms with Gasteiger partial charge >= 0.3 is 5.97 Å². The maximum Gasteiger partial charge on any atom is 0.333 e. The number of halogens is 2. The molecule has 0 unspecified atom stereocenters. The lowest BCUT2D eigenvalue weighted by Gasteiger charge is -2.22. The molecule has 25 heavy (non-hydrogen) atoms. The fraction of sp³-hybridized carbons (Fsp3) is 0.333. The summed E-state index contributed by atoms with van der Waals surface area (Å²) in [6.45, 7) is 5.18. The van der Waals surface area contributed by atoms with Crippen LogP contribution < -0.4 is 4.72 Å². The van der Waals surface area contributed by atoms with E-state index in [1.807, 2.05) is 0 Å². The molecule has 0 aliphatic carbocycles. The minimum absolute atomic E-state index is 0.0423. The smallest absolute Gasteiger partial charge is 0.333 e. The average molecular weight is 406 g/mol. The van der Waals surface area contributed by atoms with Crippen molar-refractivity contribution in [3.8, 4) is 0 Å². The molecule has 10 heteroatoms. The van der Waals surface area contributed by atoms with Gasteiger partial charge < -0.3 is 4.74 Å². The molecule has 136 valence electrons. The second kappa shape index (κ2) is 7.23. The van der Waals surface area contributed by atoms with Gasteiger partial charge in [-0.1, -0.05) is 23.2 Å². The van der Waals surface area contributed by atoms with Crippen LogP contribution in [0.4, 0.5) is 5.69 Å². The van der Waals surface area contributed by atoms with Gasteiger partial charge in [-0.2, -0.15) is 5.10 Å². The van der Waals surface area contributed by atoms with Crippen molar-refractivity contribution in [2.75, 3.05) is 11.3 Å². The third kappa shape index (κ3) is 4.26. The molecule has 1 aromatic heterocycles. The zero-order valence-corrected chi connectivity index (χ0v) is 16.1. The third-order valence-corrected chi connectivity index (χ3v) is 5.50. The number of sulfonamides is 1. The van der Waals surface area contributed by atoms with Crippen LogP contribution in [0.5, 0.6) is 0 Å². The molecule has 2 rings (SSSR count). The summed E-state index contributed by atoms with van der Waals surface area (Å²) in [5, 5.41) is 4.43. The lowest BCUT2D eigenvalue weighted by molar-refractivity contribution is -0.152. The lowest BCUT2D eigenvalue weighted by atomic mass is 10.1. The molecule has 0 atom stereocenters. The van der Waals surface area contributed by atoms with Gasteiger partial charge in [-0.15, -0.1) is 0 Å². The summed E-state index contributed by atoms with van der Waals surface area (Å²) in [5.41, 5.74) is -0.882. The summed E-state index contributed by atoms with van der Waals surface area (Å²) in [6, 6.07) is 3.98. The molecule has 1 aromatic carbocycles. The van der Waals surface area contributed by atoms with Gasteiger partial charge in [0.1, 0.15) is 0 Å². The number of hydrogen-bond donors (Lipinski definition) is 1. The van der Waals surface area contributed by atoms with Crippen LogP contribution in [-0.2, 0) is 25.1 Å². The summed E-state index contributed by atoms with van der Waals surface area (Å²) < 4.78 is 33.5. The van der Waals surface area contributed by atoms with Gasteiger partial charge in [0.25, 0.3) is 10.0 Å². The van der Waals surface area contributed by atoms with E-state index in [4.69, 9.17) is 27.9 Å². The molecule has 0 bridgehead atoms. The van der Waals surface area contributed by atoms with Crippen molar-refractivity contribution in [1.29, 1.82) is 0 Å². The Labute approximate surface area is 155 Å². The summed E-state index contributed by atoms with van der Waals surface area (Å²) in [6.07, 6.45) is 2.71. The van der Waals surface area contributed by atoms with E-state index in [0.717, 1.165) is 0 Å². The maximum atomic E-state index is 12.4. The molecule has 0 aliphatic heterocycles. The monoisotopic (exact) mass is 405 g/mol. The molecular weight excluding hydrogens is 389 g/mol. The molecule has 1 heterocycles. The van der Waals surface area contributed by atoms with Gasteiger partial charge in [-0.05, 0) is 39.0 Å². The highest BCUT2D eigenvalue weighted by atomic mass is 35.5. The second-order valence-corrected chi connectivity index (χ2v) is 8.13. The molecule has 0 saturated carbocycles. The van der Waals surface area contributed by atoms with Crippen LogP contribution in [0.3, 0.4) is 0 Å². The Hall–Kier alpha value is -1.77. The fourth-order valence-corrected chi connectivity index (χ4v) is 3.36. The Morgan fingerprint density at radius 1 is 1.32 bits per heavy atom. The molecule has 0 fully saturated rings. The van der Waals surface area contributed by atoms with Crippen molar-refractivity contribution in [3.63, 3.8) is 0 Å². The number of benzene rings is 1. The van der Waals surface area contributed by atoms with Gasteiger partial charge in [0.15, 0.2) is 5.54 Å². The molecule has 2 aromatic rings. The highest BCUT2D eigenvalue weighted by Gasteiger charge is 2.32. The lowest BCUT2D eigenvalue weighted by Crippen LogP contribution is -2.37. The van der Waals surface area contributed by atoms with E-state index in [9.17, 15) is 13.2 Å². The van der Waals surface area contributed by atoms with E-state index in [0.29, 0.717) is 0 Å². The molecule has 7 nitrogen and oxygen atoms in total. The van der Waals surface area contributed by atoms with Crippen LogP contribution in [-0.4, -0.2) is 30.8 Å². The Morgan fingerprint density at radius 3 is 2.60 bits per heavy atom. The van der Waals surface area contributed by atoms with Gasteiger partial charge in [0.05, 0.1) is 39.6 Å². The quantitative estimate of drug-likeness (QED) is 0.744. The third-order valence-electron chi connectivity index (χ3n) is 3.38. The van der Waals surface area contributed by atoms with Crippen molar-refractivity contribution in [3.05, 3.63) is 40.6 Å². The number of anilines is 1. The molecule has 0 aliphatic rings. The van der Waals surface area contributed by atoms with Gasteiger partial charge in [0.2, 0.25) is 0 Å². The Morgan fingerprint density at radius 2 is 2.00 bits per heavy atom. The van der Waals surface area contributed by atoms with Gasteiger partial charge in [0, 0.05) is 0 Å². The van der Waals surface area contributed by atoms with Crippen molar-refractivity contribution in [2.45, 2.75) is 31.2 Å². The van der Waals surface area contributed by atoms with E-state index in [1.54, 1.807) is 20.8 Å². The minimum atomic E-state index is -3.88. The van der Waals surface area contributed by atoms with E-state index in [2.05, 4.69) is 9.82 Å². The van der Waals surface area contributed by atoms with Gasteiger partial charge in [-0.3, -0.25) is 9.40 Å². The van der Waals surface area contributed by atoms with Crippen LogP contribution in [0, 0.1) is 0 Å². The zero-order valence-electron chi connectivity index (χ0n) is 13.8. The summed E-state index contributed by atoms with van der Waals surface area (Å²) >= 11 is 11.7. The molecule has 0 amide bonds. The first kappa shape index (κ1) is 19.6. The number of ether oxygens (including phenoxy) is 1. The highest BCUT2D eigenvalue weighted by molar-refractivity contribution is 7.92. The predicted octanol–water partition coefficient (Wildman–Crippen LogP) is 3.29. The Kier molecular flexibility index (Phi) is 5.65. The number of carbonyl (C=O) groups is 1. The zero-order chi connectivity index (χ0) is 18.8.